The van der Waals surface area contributed by atoms with Crippen molar-refractivity contribution in [3.05, 3.63) is 42.1 Å². The van der Waals surface area contributed by atoms with E-state index >= 15 is 0 Å². The van der Waals surface area contributed by atoms with E-state index in [1.165, 1.54) is 0 Å². The molecular weight excluding hydrogens is 314 g/mol. The van der Waals surface area contributed by atoms with Crippen molar-refractivity contribution < 1.29 is 4.79 Å². The molecule has 1 atom stereocenters. The minimum absolute atomic E-state index is 0.0986. The van der Waals surface area contributed by atoms with E-state index in [4.69, 9.17) is 5.73 Å². The second-order valence-corrected chi connectivity index (χ2v) is 6.88. The Hall–Kier alpha value is -2.34. The number of amides is 1. The first-order chi connectivity index (χ1) is 12.1. The molecule has 6 heteroatoms. The molecule has 1 aromatic heterocycles. The third kappa shape index (κ3) is 4.20. The Morgan fingerprint density at radius 3 is 2.88 bits per heavy atom. The largest absolute Gasteiger partial charge is 0.384 e. The van der Waals surface area contributed by atoms with Gasteiger partial charge in [0, 0.05) is 12.6 Å². The molecule has 4 N–H and O–H groups in total. The van der Waals surface area contributed by atoms with Crippen LogP contribution in [0, 0.1) is 0 Å². The summed E-state index contributed by atoms with van der Waals surface area (Å²) in [6, 6.07) is 11.8. The molecule has 3 rings (SSSR count). The Balaban J connectivity index is 1.49. The number of carbonyl (C=O) groups is 1. The van der Waals surface area contributed by atoms with Gasteiger partial charge in [-0.1, -0.05) is 18.2 Å². The zero-order valence-corrected chi connectivity index (χ0v) is 14.8. The van der Waals surface area contributed by atoms with Gasteiger partial charge < -0.3 is 16.4 Å². The van der Waals surface area contributed by atoms with E-state index in [2.05, 4.69) is 15.7 Å². The molecule has 6 nitrogen and oxygen atoms in total. The van der Waals surface area contributed by atoms with Gasteiger partial charge in [-0.05, 0) is 57.7 Å². The van der Waals surface area contributed by atoms with E-state index in [-0.39, 0.29) is 5.91 Å². The third-order valence-electron chi connectivity index (χ3n) is 4.80. The fourth-order valence-corrected chi connectivity index (χ4v) is 3.26. The number of anilines is 1. The highest BCUT2D eigenvalue weighted by Gasteiger charge is 2.33. The zero-order chi connectivity index (χ0) is 17.7. The Kier molecular flexibility index (Phi) is 5.38. The summed E-state index contributed by atoms with van der Waals surface area (Å²) in [5.74, 6) is 0.727. The number of hydrogen-bond acceptors (Lipinski definition) is 4. The van der Waals surface area contributed by atoms with Gasteiger partial charge in [-0.25, -0.2) is 4.68 Å². The van der Waals surface area contributed by atoms with Crippen molar-refractivity contribution in [2.75, 3.05) is 18.8 Å². The van der Waals surface area contributed by atoms with E-state index in [0.717, 1.165) is 50.0 Å². The molecule has 0 aliphatic carbocycles. The van der Waals surface area contributed by atoms with Crippen LogP contribution in [0.2, 0.25) is 0 Å². The van der Waals surface area contributed by atoms with E-state index in [9.17, 15) is 4.79 Å². The number of nitrogens with two attached hydrogens (primary N) is 1. The zero-order valence-electron chi connectivity index (χ0n) is 14.8. The number of piperidine rings is 1. The van der Waals surface area contributed by atoms with Crippen molar-refractivity contribution in [3.63, 3.8) is 0 Å². The van der Waals surface area contributed by atoms with Crippen LogP contribution in [-0.4, -0.2) is 34.3 Å². The molecule has 1 aliphatic rings. The maximum absolute atomic E-state index is 12.4. The minimum Gasteiger partial charge on any atom is -0.384 e. The van der Waals surface area contributed by atoms with Crippen LogP contribution in [0.3, 0.4) is 0 Å². The Morgan fingerprint density at radius 1 is 1.36 bits per heavy atom. The summed E-state index contributed by atoms with van der Waals surface area (Å²) in [6.45, 7) is 3.55. The van der Waals surface area contributed by atoms with Gasteiger partial charge in [0.1, 0.15) is 5.82 Å². The van der Waals surface area contributed by atoms with Crippen LogP contribution in [0.1, 0.15) is 38.3 Å². The Morgan fingerprint density at radius 2 is 2.16 bits per heavy atom. The molecule has 0 bridgehead atoms. The van der Waals surface area contributed by atoms with Gasteiger partial charge in [0.2, 0.25) is 5.91 Å². The number of nitrogens with zero attached hydrogens (tertiary/aromatic N) is 2. The number of nitrogens with one attached hydrogen (secondary N) is 2. The standard InChI is InChI=1S/C19H27N5O/c1-19(11-5-6-13-22-19)18(25)21-12-7-8-15-14-17(20)24(23-15)16-9-3-2-4-10-16/h2-4,9-10,14,22H,5-8,11-13,20H2,1H3,(H,21,25). The van der Waals surface area contributed by atoms with Crippen LogP contribution >= 0.6 is 0 Å². The normalized spacial score (nSPS) is 20.4. The summed E-state index contributed by atoms with van der Waals surface area (Å²) >= 11 is 0. The first kappa shape index (κ1) is 17.5. The predicted molar refractivity (Wildman–Crippen MR) is 99.6 cm³/mol. The van der Waals surface area contributed by atoms with Crippen molar-refractivity contribution >= 4 is 11.7 Å². The smallest absolute Gasteiger partial charge is 0.240 e. The molecule has 134 valence electrons. The molecule has 1 amide bonds. The lowest BCUT2D eigenvalue weighted by molar-refractivity contribution is -0.127. The number of aromatic nitrogens is 2. The lowest BCUT2D eigenvalue weighted by atomic mass is 9.90. The van der Waals surface area contributed by atoms with Crippen molar-refractivity contribution in [1.82, 2.24) is 20.4 Å². The molecule has 1 aliphatic heterocycles. The number of benzene rings is 1. The number of aryl methyl sites for hydroxylation is 1. The van der Waals surface area contributed by atoms with Crippen LogP contribution in [-0.2, 0) is 11.2 Å². The van der Waals surface area contributed by atoms with E-state index in [1.807, 2.05) is 43.3 Å². The van der Waals surface area contributed by atoms with E-state index < -0.39 is 5.54 Å². The van der Waals surface area contributed by atoms with Crippen LogP contribution < -0.4 is 16.4 Å². The topological polar surface area (TPSA) is 85.0 Å². The third-order valence-corrected chi connectivity index (χ3v) is 4.80. The van der Waals surface area contributed by atoms with Gasteiger partial charge in [-0.2, -0.15) is 5.10 Å². The maximum atomic E-state index is 12.4. The van der Waals surface area contributed by atoms with Crippen molar-refractivity contribution in [1.29, 1.82) is 0 Å². The van der Waals surface area contributed by atoms with Crippen LogP contribution in [0.5, 0.6) is 0 Å². The van der Waals surface area contributed by atoms with E-state index in [0.29, 0.717) is 12.4 Å². The summed E-state index contributed by atoms with van der Waals surface area (Å²) in [5, 5.41) is 11.0. The molecule has 1 saturated heterocycles. The molecule has 1 aromatic carbocycles. The Bertz CT molecular complexity index is 704. The van der Waals surface area contributed by atoms with Gasteiger partial charge in [0.25, 0.3) is 0 Å². The number of para-hydroxylation sites is 1. The molecule has 2 heterocycles. The second-order valence-electron chi connectivity index (χ2n) is 6.88. The van der Waals surface area contributed by atoms with Crippen molar-refractivity contribution in [2.24, 2.45) is 0 Å². The van der Waals surface area contributed by atoms with Crippen LogP contribution in [0.25, 0.3) is 5.69 Å². The molecule has 0 radical (unpaired) electrons. The average molecular weight is 341 g/mol. The molecule has 1 unspecified atom stereocenters. The molecule has 25 heavy (non-hydrogen) atoms. The number of rotatable bonds is 6. The SMILES string of the molecule is CC1(C(=O)NCCCc2cc(N)n(-c3ccccc3)n2)CCCCN1. The van der Waals surface area contributed by atoms with Crippen molar-refractivity contribution in [2.45, 2.75) is 44.6 Å². The summed E-state index contributed by atoms with van der Waals surface area (Å²) in [5.41, 5.74) is 7.54. The summed E-state index contributed by atoms with van der Waals surface area (Å²) < 4.78 is 1.75. The summed E-state index contributed by atoms with van der Waals surface area (Å²) in [6.07, 6.45) is 4.78. The quantitative estimate of drug-likeness (QED) is 0.702. The summed E-state index contributed by atoms with van der Waals surface area (Å²) in [4.78, 5) is 12.4. The molecule has 1 fully saturated rings. The molecule has 0 saturated carbocycles. The lowest BCUT2D eigenvalue weighted by Gasteiger charge is -2.33. The monoisotopic (exact) mass is 341 g/mol. The predicted octanol–water partition coefficient (Wildman–Crippen LogP) is 2.04. The van der Waals surface area contributed by atoms with Gasteiger partial charge >= 0.3 is 0 Å². The maximum Gasteiger partial charge on any atom is 0.240 e. The minimum atomic E-state index is -0.419. The van der Waals surface area contributed by atoms with E-state index in [1.54, 1.807) is 4.68 Å². The fraction of sp³-hybridized carbons (Fsp3) is 0.474. The van der Waals surface area contributed by atoms with Gasteiger partial charge in [-0.3, -0.25) is 4.79 Å². The number of carbonyl (C=O) groups excluding carboxylic acids is 1. The first-order valence-electron chi connectivity index (χ1n) is 9.02. The molecular formula is C19H27N5O. The Labute approximate surface area is 148 Å². The highest BCUT2D eigenvalue weighted by molar-refractivity contribution is 5.85. The number of nitrogen functional groups attached to an aromatic ring is 1. The second kappa shape index (κ2) is 7.70. The lowest BCUT2D eigenvalue weighted by Crippen LogP contribution is -2.57. The van der Waals surface area contributed by atoms with Gasteiger partial charge in [0.05, 0.1) is 16.9 Å². The summed E-state index contributed by atoms with van der Waals surface area (Å²) in [7, 11) is 0. The van der Waals surface area contributed by atoms with Crippen LogP contribution in [0.15, 0.2) is 36.4 Å². The molecule has 0 spiro atoms. The fourth-order valence-electron chi connectivity index (χ4n) is 3.26. The van der Waals surface area contributed by atoms with Gasteiger partial charge in [-0.15, -0.1) is 0 Å². The highest BCUT2D eigenvalue weighted by atomic mass is 16.2. The first-order valence-corrected chi connectivity index (χ1v) is 9.02. The number of hydrogen-bond donors (Lipinski definition) is 3. The van der Waals surface area contributed by atoms with Crippen molar-refractivity contribution in [3.8, 4) is 5.69 Å². The average Bonchev–Trinajstić information content (AvgIpc) is 3.00. The highest BCUT2D eigenvalue weighted by Crippen LogP contribution is 2.19. The van der Waals surface area contributed by atoms with Gasteiger partial charge in [0.15, 0.2) is 0 Å². The van der Waals surface area contributed by atoms with Crippen LogP contribution in [0.4, 0.5) is 5.82 Å². The molecule has 2 aromatic rings.